The molecule has 71 valence electrons. The summed E-state index contributed by atoms with van der Waals surface area (Å²) in [5.74, 6) is 1.19. The summed E-state index contributed by atoms with van der Waals surface area (Å²) in [7, 11) is 0. The van der Waals surface area contributed by atoms with E-state index in [-0.39, 0.29) is 5.91 Å². The smallest absolute Gasteiger partial charge is 0.227 e. The third-order valence-electron chi connectivity index (χ3n) is 1.92. The normalized spacial score (nSPS) is 10.3. The summed E-state index contributed by atoms with van der Waals surface area (Å²) >= 11 is 0. The first-order valence-electron chi connectivity index (χ1n) is 4.89. The third-order valence-corrected chi connectivity index (χ3v) is 1.92. The summed E-state index contributed by atoms with van der Waals surface area (Å²) in [6.07, 6.45) is 4.12. The highest BCUT2D eigenvalue weighted by molar-refractivity contribution is 5.89. The van der Waals surface area contributed by atoms with Crippen molar-refractivity contribution in [1.82, 2.24) is 5.32 Å². The molecule has 0 bridgehead atoms. The molecule has 0 aliphatic heterocycles. The van der Waals surface area contributed by atoms with Crippen molar-refractivity contribution in [2.45, 2.75) is 46.5 Å². The van der Waals surface area contributed by atoms with Crippen LogP contribution in [0.25, 0.3) is 0 Å². The maximum absolute atomic E-state index is 11.3. The van der Waals surface area contributed by atoms with E-state index in [1.807, 2.05) is 13.8 Å². The number of nitrogens with one attached hydrogen (secondary N) is 1. The Balaban J connectivity index is 3.71. The van der Waals surface area contributed by atoms with E-state index in [1.54, 1.807) is 0 Å². The minimum atomic E-state index is 0.147. The van der Waals surface area contributed by atoms with Crippen molar-refractivity contribution in [1.29, 1.82) is 0 Å². The standard InChI is InChI=1S/C10H20NO/c1-4-7-8-9(5-2)10(12)11-6-3/h4-8H2,1-3H3,(H,11,12). The lowest BCUT2D eigenvalue weighted by Crippen LogP contribution is -2.28. The second-order valence-corrected chi connectivity index (χ2v) is 2.92. The number of carbonyl (C=O) groups excluding carboxylic acids is 1. The van der Waals surface area contributed by atoms with Gasteiger partial charge in [-0.2, -0.15) is 0 Å². The van der Waals surface area contributed by atoms with Gasteiger partial charge in [0.05, 0.1) is 5.92 Å². The van der Waals surface area contributed by atoms with Crippen LogP contribution in [0.4, 0.5) is 0 Å². The molecule has 0 atom stereocenters. The first-order valence-corrected chi connectivity index (χ1v) is 4.89. The molecule has 1 radical (unpaired) electrons. The molecule has 0 aromatic carbocycles. The van der Waals surface area contributed by atoms with Crippen LogP contribution in [-0.4, -0.2) is 12.5 Å². The van der Waals surface area contributed by atoms with Crippen molar-refractivity contribution in [3.8, 4) is 0 Å². The highest BCUT2D eigenvalue weighted by Crippen LogP contribution is 2.14. The number of amides is 1. The van der Waals surface area contributed by atoms with E-state index in [0.29, 0.717) is 0 Å². The highest BCUT2D eigenvalue weighted by atomic mass is 16.1. The van der Waals surface area contributed by atoms with Gasteiger partial charge in [0.2, 0.25) is 5.91 Å². The Labute approximate surface area is 75.7 Å². The van der Waals surface area contributed by atoms with Gasteiger partial charge in [-0.25, -0.2) is 0 Å². The van der Waals surface area contributed by atoms with E-state index in [0.717, 1.165) is 38.1 Å². The van der Waals surface area contributed by atoms with Crippen molar-refractivity contribution in [2.75, 3.05) is 6.54 Å². The largest absolute Gasteiger partial charge is 0.356 e. The second kappa shape index (κ2) is 7.14. The average molecular weight is 170 g/mol. The van der Waals surface area contributed by atoms with Gasteiger partial charge in [-0.1, -0.05) is 26.7 Å². The topological polar surface area (TPSA) is 29.1 Å². The number of unbranched alkanes of at least 4 members (excludes halogenated alkanes) is 1. The van der Waals surface area contributed by atoms with Gasteiger partial charge in [0.15, 0.2) is 0 Å². The number of rotatable bonds is 6. The summed E-state index contributed by atoms with van der Waals surface area (Å²) in [5, 5.41) is 2.83. The Morgan fingerprint density at radius 1 is 1.25 bits per heavy atom. The zero-order chi connectivity index (χ0) is 9.40. The van der Waals surface area contributed by atoms with Crippen molar-refractivity contribution in [2.24, 2.45) is 0 Å². The lowest BCUT2D eigenvalue weighted by molar-refractivity contribution is -0.119. The lowest BCUT2D eigenvalue weighted by atomic mass is 9.98. The molecule has 2 nitrogen and oxygen atoms in total. The molecule has 0 heterocycles. The van der Waals surface area contributed by atoms with Crippen LogP contribution in [0.3, 0.4) is 0 Å². The van der Waals surface area contributed by atoms with Gasteiger partial charge < -0.3 is 5.32 Å². The third kappa shape index (κ3) is 4.37. The van der Waals surface area contributed by atoms with Crippen molar-refractivity contribution in [3.63, 3.8) is 0 Å². The van der Waals surface area contributed by atoms with Crippen LogP contribution in [0, 0.1) is 5.92 Å². The SMILES string of the molecule is CCCC[C](CC)C(=O)NCC. The van der Waals surface area contributed by atoms with Crippen LogP contribution in [0.5, 0.6) is 0 Å². The van der Waals surface area contributed by atoms with Crippen LogP contribution in [0.15, 0.2) is 0 Å². The molecule has 0 unspecified atom stereocenters. The van der Waals surface area contributed by atoms with Crippen molar-refractivity contribution < 1.29 is 4.79 Å². The molecule has 0 aliphatic rings. The van der Waals surface area contributed by atoms with Crippen molar-refractivity contribution >= 4 is 5.91 Å². The quantitative estimate of drug-likeness (QED) is 0.651. The predicted octanol–water partition coefficient (Wildman–Crippen LogP) is 2.30. The summed E-state index contributed by atoms with van der Waals surface area (Å²) in [6, 6.07) is 0. The number of carbonyl (C=O) groups is 1. The zero-order valence-corrected chi connectivity index (χ0v) is 8.44. The van der Waals surface area contributed by atoms with Gasteiger partial charge in [-0.3, -0.25) is 4.79 Å². The molecule has 0 spiro atoms. The van der Waals surface area contributed by atoms with Crippen LogP contribution in [0.1, 0.15) is 46.5 Å². The predicted molar refractivity (Wildman–Crippen MR) is 51.7 cm³/mol. The molecule has 0 rings (SSSR count). The maximum atomic E-state index is 11.3. The van der Waals surface area contributed by atoms with Crippen molar-refractivity contribution in [3.05, 3.63) is 5.92 Å². The van der Waals surface area contributed by atoms with Gasteiger partial charge in [0.25, 0.3) is 0 Å². The fraction of sp³-hybridized carbons (Fsp3) is 0.800. The Morgan fingerprint density at radius 2 is 1.92 bits per heavy atom. The van der Waals surface area contributed by atoms with E-state index in [9.17, 15) is 4.79 Å². The summed E-state index contributed by atoms with van der Waals surface area (Å²) < 4.78 is 0. The maximum Gasteiger partial charge on any atom is 0.227 e. The lowest BCUT2D eigenvalue weighted by Gasteiger charge is -2.12. The molecule has 0 saturated heterocycles. The molecule has 12 heavy (non-hydrogen) atoms. The zero-order valence-electron chi connectivity index (χ0n) is 8.44. The molecule has 2 heteroatoms. The minimum Gasteiger partial charge on any atom is -0.356 e. The Morgan fingerprint density at radius 3 is 2.33 bits per heavy atom. The molecule has 0 aliphatic carbocycles. The number of hydrogen-bond acceptors (Lipinski definition) is 1. The molecule has 1 amide bonds. The summed E-state index contributed by atoms with van der Waals surface area (Å²) in [5.41, 5.74) is 0. The van der Waals surface area contributed by atoms with E-state index >= 15 is 0 Å². The van der Waals surface area contributed by atoms with Gasteiger partial charge in [0, 0.05) is 6.54 Å². The number of hydrogen-bond donors (Lipinski definition) is 1. The highest BCUT2D eigenvalue weighted by Gasteiger charge is 2.14. The fourth-order valence-electron chi connectivity index (χ4n) is 1.13. The summed E-state index contributed by atoms with van der Waals surface area (Å²) in [4.78, 5) is 11.3. The molecule has 0 saturated carbocycles. The van der Waals surface area contributed by atoms with Crippen LogP contribution in [-0.2, 0) is 4.79 Å². The van der Waals surface area contributed by atoms with Crippen LogP contribution < -0.4 is 5.32 Å². The molecule has 0 aromatic rings. The second-order valence-electron chi connectivity index (χ2n) is 2.92. The minimum absolute atomic E-state index is 0.147. The van der Waals surface area contributed by atoms with Gasteiger partial charge in [-0.05, 0) is 19.8 Å². The molecular weight excluding hydrogens is 150 g/mol. The Kier molecular flexibility index (Phi) is 6.82. The molecule has 0 aromatic heterocycles. The Bertz CT molecular complexity index is 123. The molecular formula is C10H20NO. The van der Waals surface area contributed by atoms with Crippen LogP contribution >= 0.6 is 0 Å². The van der Waals surface area contributed by atoms with Gasteiger partial charge >= 0.3 is 0 Å². The first-order chi connectivity index (χ1) is 5.76. The molecule has 0 fully saturated rings. The van der Waals surface area contributed by atoms with E-state index < -0.39 is 0 Å². The average Bonchev–Trinajstić information content (AvgIpc) is 2.06. The van der Waals surface area contributed by atoms with E-state index in [2.05, 4.69) is 12.2 Å². The fourth-order valence-corrected chi connectivity index (χ4v) is 1.13. The van der Waals surface area contributed by atoms with E-state index in [1.165, 1.54) is 0 Å². The van der Waals surface area contributed by atoms with Gasteiger partial charge in [-0.15, -0.1) is 0 Å². The Hall–Kier alpha value is -0.530. The summed E-state index contributed by atoms with van der Waals surface area (Å²) in [6.45, 7) is 6.87. The van der Waals surface area contributed by atoms with E-state index in [4.69, 9.17) is 0 Å². The van der Waals surface area contributed by atoms with Crippen LogP contribution in [0.2, 0.25) is 0 Å². The monoisotopic (exact) mass is 170 g/mol. The first kappa shape index (κ1) is 11.5. The van der Waals surface area contributed by atoms with Gasteiger partial charge in [0.1, 0.15) is 0 Å². The molecule has 1 N–H and O–H groups in total.